The Hall–Kier alpha value is 0.170. The van der Waals surface area contributed by atoms with Gasteiger partial charge in [0.1, 0.15) is 0 Å². The molecule has 0 radical (unpaired) electrons. The van der Waals surface area contributed by atoms with E-state index in [0.29, 0.717) is 6.61 Å². The van der Waals surface area contributed by atoms with E-state index in [0.717, 1.165) is 12.8 Å². The van der Waals surface area contributed by atoms with Crippen LogP contribution in [0.3, 0.4) is 0 Å². The number of ether oxygens (including phenoxy) is 1. The van der Waals surface area contributed by atoms with E-state index < -0.39 is 0 Å². The van der Waals surface area contributed by atoms with Crippen molar-refractivity contribution in [1.82, 2.24) is 0 Å². The first kappa shape index (κ1) is 10.2. The summed E-state index contributed by atoms with van der Waals surface area (Å²) >= 11 is 0. The molecule has 62 valence electrons. The predicted molar refractivity (Wildman–Crippen MR) is 41.3 cm³/mol. The van der Waals surface area contributed by atoms with E-state index in [-0.39, 0.29) is 31.2 Å². The van der Waals surface area contributed by atoms with Gasteiger partial charge in [-0.05, 0) is 12.8 Å². The number of nitrogens with two attached hydrogens (primary N) is 1. The topological polar surface area (TPSA) is 55.5 Å². The third-order valence-corrected chi connectivity index (χ3v) is 1.61. The van der Waals surface area contributed by atoms with Gasteiger partial charge in [0, 0.05) is 12.6 Å². The third-order valence-electron chi connectivity index (χ3n) is 1.61. The second-order valence-electron chi connectivity index (χ2n) is 2.46. The molecule has 0 aromatic carbocycles. The largest absolute Gasteiger partial charge is 0.394 e. The van der Waals surface area contributed by atoms with Crippen molar-refractivity contribution in [3.05, 3.63) is 0 Å². The fraction of sp³-hybridized carbons (Fsp3) is 1.00. The molecule has 2 atom stereocenters. The maximum absolute atomic E-state index is 8.63. The lowest BCUT2D eigenvalue weighted by Gasteiger charge is -2.25. The van der Waals surface area contributed by atoms with E-state index in [1.54, 1.807) is 0 Å². The van der Waals surface area contributed by atoms with Crippen LogP contribution in [0.5, 0.6) is 0 Å². The van der Waals surface area contributed by atoms with Crippen LogP contribution in [0.4, 0.5) is 0 Å². The van der Waals surface area contributed by atoms with Crippen molar-refractivity contribution in [2.24, 2.45) is 5.73 Å². The van der Waals surface area contributed by atoms with E-state index >= 15 is 0 Å². The predicted octanol–water partition coefficient (Wildman–Crippen LogP) is -0.0932. The van der Waals surface area contributed by atoms with Gasteiger partial charge in [0.15, 0.2) is 0 Å². The molecular formula is C6H14ClNO2. The van der Waals surface area contributed by atoms with Crippen molar-refractivity contribution in [3.63, 3.8) is 0 Å². The number of halogens is 1. The van der Waals surface area contributed by atoms with Crippen LogP contribution in [0.1, 0.15) is 12.8 Å². The zero-order valence-electron chi connectivity index (χ0n) is 5.82. The first-order valence-electron chi connectivity index (χ1n) is 3.31. The Balaban J connectivity index is 0.000000810. The molecule has 0 bridgehead atoms. The Morgan fingerprint density at radius 2 is 2.30 bits per heavy atom. The van der Waals surface area contributed by atoms with Crippen LogP contribution in [-0.4, -0.2) is 30.5 Å². The van der Waals surface area contributed by atoms with Crippen LogP contribution in [0, 0.1) is 0 Å². The molecule has 4 heteroatoms. The van der Waals surface area contributed by atoms with Gasteiger partial charge in [0.05, 0.1) is 12.7 Å². The standard InChI is InChI=1S/C6H13NO2.ClH/c7-5-1-2-9-6(3-5)4-8;/h5-6,8H,1-4,7H2;1H/t5-,6+;/m1./s1. The van der Waals surface area contributed by atoms with Crippen LogP contribution in [0.25, 0.3) is 0 Å². The van der Waals surface area contributed by atoms with Crippen LogP contribution in [0.2, 0.25) is 0 Å². The lowest BCUT2D eigenvalue weighted by atomic mass is 10.1. The fourth-order valence-electron chi connectivity index (χ4n) is 1.04. The van der Waals surface area contributed by atoms with Crippen LogP contribution in [-0.2, 0) is 4.74 Å². The minimum absolute atomic E-state index is 0. The highest BCUT2D eigenvalue weighted by Crippen LogP contribution is 2.10. The van der Waals surface area contributed by atoms with Gasteiger partial charge in [-0.2, -0.15) is 0 Å². The van der Waals surface area contributed by atoms with Gasteiger partial charge in [-0.15, -0.1) is 12.4 Å². The lowest BCUT2D eigenvalue weighted by Crippen LogP contribution is -2.36. The quantitative estimate of drug-likeness (QED) is 0.574. The monoisotopic (exact) mass is 167 g/mol. The fourth-order valence-corrected chi connectivity index (χ4v) is 1.04. The normalized spacial score (nSPS) is 33.0. The van der Waals surface area contributed by atoms with Gasteiger partial charge in [-0.25, -0.2) is 0 Å². The molecule has 0 aliphatic carbocycles. The third kappa shape index (κ3) is 2.84. The van der Waals surface area contributed by atoms with E-state index in [9.17, 15) is 0 Å². The van der Waals surface area contributed by atoms with Crippen molar-refractivity contribution in [2.75, 3.05) is 13.2 Å². The highest BCUT2D eigenvalue weighted by atomic mass is 35.5. The van der Waals surface area contributed by atoms with Gasteiger partial charge >= 0.3 is 0 Å². The highest BCUT2D eigenvalue weighted by Gasteiger charge is 2.17. The van der Waals surface area contributed by atoms with Gasteiger partial charge in [-0.3, -0.25) is 0 Å². The number of hydrogen-bond donors (Lipinski definition) is 2. The second-order valence-corrected chi connectivity index (χ2v) is 2.46. The Labute approximate surface area is 67.0 Å². The molecule has 1 saturated heterocycles. The molecule has 3 nitrogen and oxygen atoms in total. The molecular weight excluding hydrogens is 154 g/mol. The molecule has 1 aliphatic rings. The van der Waals surface area contributed by atoms with E-state index in [2.05, 4.69) is 0 Å². The zero-order chi connectivity index (χ0) is 6.69. The van der Waals surface area contributed by atoms with Gasteiger partial charge < -0.3 is 15.6 Å². The molecule has 1 heterocycles. The number of hydrogen-bond acceptors (Lipinski definition) is 3. The molecule has 3 N–H and O–H groups in total. The molecule has 10 heavy (non-hydrogen) atoms. The second kappa shape index (κ2) is 4.91. The van der Waals surface area contributed by atoms with Crippen molar-refractivity contribution in [2.45, 2.75) is 25.0 Å². The van der Waals surface area contributed by atoms with Crippen molar-refractivity contribution < 1.29 is 9.84 Å². The average molecular weight is 168 g/mol. The number of aliphatic hydroxyl groups is 1. The summed E-state index contributed by atoms with van der Waals surface area (Å²) in [4.78, 5) is 0. The first-order chi connectivity index (χ1) is 4.33. The summed E-state index contributed by atoms with van der Waals surface area (Å²) in [6, 6.07) is 0.232. The highest BCUT2D eigenvalue weighted by molar-refractivity contribution is 5.85. The Morgan fingerprint density at radius 3 is 2.70 bits per heavy atom. The van der Waals surface area contributed by atoms with E-state index in [1.807, 2.05) is 0 Å². The summed E-state index contributed by atoms with van der Waals surface area (Å²) in [5.74, 6) is 0. The number of aliphatic hydroxyl groups excluding tert-OH is 1. The van der Waals surface area contributed by atoms with Gasteiger partial charge in [-0.1, -0.05) is 0 Å². The van der Waals surface area contributed by atoms with Crippen molar-refractivity contribution >= 4 is 12.4 Å². The molecule has 1 rings (SSSR count). The van der Waals surface area contributed by atoms with Crippen LogP contribution < -0.4 is 5.73 Å². The van der Waals surface area contributed by atoms with Gasteiger partial charge in [0.2, 0.25) is 0 Å². The molecule has 0 unspecified atom stereocenters. The van der Waals surface area contributed by atoms with Crippen molar-refractivity contribution in [1.29, 1.82) is 0 Å². The van der Waals surface area contributed by atoms with E-state index in [1.165, 1.54) is 0 Å². The van der Waals surface area contributed by atoms with Crippen molar-refractivity contribution in [3.8, 4) is 0 Å². The zero-order valence-corrected chi connectivity index (χ0v) is 6.64. The molecule has 1 fully saturated rings. The molecule has 1 aliphatic heterocycles. The summed E-state index contributed by atoms with van der Waals surface area (Å²) in [5, 5.41) is 8.63. The van der Waals surface area contributed by atoms with Crippen LogP contribution in [0.15, 0.2) is 0 Å². The maximum Gasteiger partial charge on any atom is 0.0820 e. The summed E-state index contributed by atoms with van der Waals surface area (Å²) < 4.78 is 5.17. The average Bonchev–Trinajstić information content (AvgIpc) is 1.88. The lowest BCUT2D eigenvalue weighted by molar-refractivity contribution is -0.0237. The minimum atomic E-state index is -0.00579. The maximum atomic E-state index is 8.63. The Bertz CT molecular complexity index is 91.8. The minimum Gasteiger partial charge on any atom is -0.394 e. The molecule has 0 saturated carbocycles. The first-order valence-corrected chi connectivity index (χ1v) is 3.31. The summed E-state index contributed by atoms with van der Waals surface area (Å²) in [6.07, 6.45) is 1.72. The SMILES string of the molecule is Cl.N[C@@H]1CCO[C@H](CO)C1. The smallest absolute Gasteiger partial charge is 0.0820 e. The molecule has 0 aromatic heterocycles. The summed E-state index contributed by atoms with van der Waals surface area (Å²) in [7, 11) is 0. The molecule has 0 amide bonds. The van der Waals surface area contributed by atoms with E-state index in [4.69, 9.17) is 15.6 Å². The Kier molecular flexibility index (Phi) is 4.99. The molecule has 0 aromatic rings. The van der Waals surface area contributed by atoms with Gasteiger partial charge in [0.25, 0.3) is 0 Å². The number of rotatable bonds is 1. The molecule has 0 spiro atoms. The van der Waals surface area contributed by atoms with Crippen LogP contribution >= 0.6 is 12.4 Å². The summed E-state index contributed by atoms with van der Waals surface area (Å²) in [6.45, 7) is 0.806. The summed E-state index contributed by atoms with van der Waals surface area (Å²) in [5.41, 5.74) is 5.61. The Morgan fingerprint density at radius 1 is 1.60 bits per heavy atom.